The minimum absolute atomic E-state index is 0.0274. The van der Waals surface area contributed by atoms with Crippen molar-refractivity contribution >= 4 is 23.0 Å². The van der Waals surface area contributed by atoms with E-state index in [0.717, 1.165) is 30.8 Å². The van der Waals surface area contributed by atoms with E-state index in [4.69, 9.17) is 23.9 Å². The van der Waals surface area contributed by atoms with Crippen LogP contribution in [0.4, 0.5) is 13.6 Å². The summed E-state index contributed by atoms with van der Waals surface area (Å²) in [6, 6.07) is 14.8. The first-order chi connectivity index (χ1) is 27.7. The Labute approximate surface area is 326 Å². The Bertz CT molecular complexity index is 2360. The summed E-state index contributed by atoms with van der Waals surface area (Å²) in [5.41, 5.74) is 5.04. The smallest absolute Gasteiger partial charge is 0.407 e. The predicted molar refractivity (Wildman–Crippen MR) is 204 cm³/mol. The lowest BCUT2D eigenvalue weighted by atomic mass is 9.90. The van der Waals surface area contributed by atoms with Gasteiger partial charge in [-0.3, -0.25) is 4.79 Å². The second-order valence-electron chi connectivity index (χ2n) is 15.6. The molecule has 4 N–H and O–H groups in total. The molecule has 4 aliphatic heterocycles. The molecule has 0 saturated carbocycles. The van der Waals surface area contributed by atoms with E-state index < -0.39 is 29.9 Å². The summed E-state index contributed by atoms with van der Waals surface area (Å²) in [6.45, 7) is 2.88. The number of benzene rings is 3. The number of imidazole rings is 2. The number of alkyl carbamates (subject to hydrolysis) is 1. The fraction of sp³-hybridized carbons (Fsp3) is 0.429. The highest BCUT2D eigenvalue weighted by molar-refractivity contribution is 5.88. The summed E-state index contributed by atoms with van der Waals surface area (Å²) in [6.07, 6.45) is 4.65. The number of amides is 2. The lowest BCUT2D eigenvalue weighted by Crippen LogP contribution is -2.54. The highest BCUT2D eigenvalue weighted by Gasteiger charge is 2.53. The Balaban J connectivity index is 0.937. The molecule has 10 rings (SSSR count). The predicted octanol–water partition coefficient (Wildman–Crippen LogP) is 6.33. The number of rotatable bonds is 7. The van der Waals surface area contributed by atoms with Crippen LogP contribution in [0.3, 0.4) is 0 Å². The zero-order valence-electron chi connectivity index (χ0n) is 31.4. The van der Waals surface area contributed by atoms with E-state index in [1.165, 1.54) is 7.11 Å². The molecule has 15 heteroatoms. The van der Waals surface area contributed by atoms with Gasteiger partial charge in [0.05, 0.1) is 61.9 Å². The number of methoxy groups -OCH3 is 1. The monoisotopic (exact) mass is 779 g/mol. The zero-order chi connectivity index (χ0) is 38.9. The van der Waals surface area contributed by atoms with Crippen molar-refractivity contribution < 1.29 is 37.3 Å². The number of alkyl halides is 2. The molecule has 5 aliphatic rings. The van der Waals surface area contributed by atoms with Gasteiger partial charge < -0.3 is 44.4 Å². The van der Waals surface area contributed by atoms with Gasteiger partial charge in [0.15, 0.2) is 5.79 Å². The number of aromatic amines is 2. The van der Waals surface area contributed by atoms with Gasteiger partial charge in [-0.15, -0.1) is 0 Å². The molecule has 57 heavy (non-hydrogen) atoms. The van der Waals surface area contributed by atoms with Crippen molar-refractivity contribution in [3.05, 3.63) is 83.6 Å². The molecule has 2 amide bonds. The van der Waals surface area contributed by atoms with Crippen molar-refractivity contribution in [3.8, 4) is 33.5 Å². The zero-order valence-corrected chi connectivity index (χ0v) is 31.4. The van der Waals surface area contributed by atoms with Crippen LogP contribution in [0.2, 0.25) is 0 Å². The summed E-state index contributed by atoms with van der Waals surface area (Å²) in [4.78, 5) is 44.8. The summed E-state index contributed by atoms with van der Waals surface area (Å²) in [5, 5.41) is 6.21. The number of aromatic nitrogens is 4. The summed E-state index contributed by atoms with van der Waals surface area (Å²) >= 11 is 0. The first-order valence-electron chi connectivity index (χ1n) is 19.7. The quantitative estimate of drug-likeness (QED) is 0.148. The third-order valence-corrected chi connectivity index (χ3v) is 12.3. The molecule has 13 nitrogen and oxygen atoms in total. The number of fused-ring (bicyclic) bond motifs is 4. The molecule has 3 atom stereocenters. The molecule has 0 radical (unpaired) electrons. The molecule has 0 bridgehead atoms. The lowest BCUT2D eigenvalue weighted by Gasteiger charge is -2.34. The highest BCUT2D eigenvalue weighted by atomic mass is 19.3. The minimum atomic E-state index is -3.21. The van der Waals surface area contributed by atoms with Crippen molar-refractivity contribution in [1.29, 1.82) is 0 Å². The van der Waals surface area contributed by atoms with Crippen molar-refractivity contribution in [1.82, 2.24) is 35.5 Å². The molecule has 296 valence electrons. The number of nitrogens with zero attached hydrogens (tertiary/aromatic N) is 3. The van der Waals surface area contributed by atoms with Gasteiger partial charge in [-0.2, -0.15) is 8.78 Å². The Morgan fingerprint density at radius 3 is 2.37 bits per heavy atom. The maximum atomic E-state index is 16.4. The maximum absolute atomic E-state index is 16.4. The van der Waals surface area contributed by atoms with E-state index >= 15 is 8.78 Å². The van der Waals surface area contributed by atoms with Crippen LogP contribution in [-0.2, 0) is 29.7 Å². The van der Waals surface area contributed by atoms with Crippen LogP contribution in [0, 0.1) is 5.92 Å². The molecule has 5 aromatic rings. The van der Waals surface area contributed by atoms with Gasteiger partial charge in [0.1, 0.15) is 17.7 Å². The van der Waals surface area contributed by atoms with Crippen molar-refractivity contribution in [2.75, 3.05) is 46.6 Å². The van der Waals surface area contributed by atoms with Crippen LogP contribution in [0.15, 0.2) is 60.8 Å². The van der Waals surface area contributed by atoms with Gasteiger partial charge in [-0.25, -0.2) is 14.8 Å². The third kappa shape index (κ3) is 6.27. The van der Waals surface area contributed by atoms with Crippen molar-refractivity contribution in [3.63, 3.8) is 0 Å². The first-order valence-corrected chi connectivity index (χ1v) is 19.7. The van der Waals surface area contributed by atoms with Crippen LogP contribution in [0.1, 0.15) is 67.0 Å². The van der Waals surface area contributed by atoms with Gasteiger partial charge in [-0.1, -0.05) is 30.3 Å². The Kier molecular flexibility index (Phi) is 8.88. The average Bonchev–Trinajstić information content (AvgIpc) is 4.10. The van der Waals surface area contributed by atoms with Crippen LogP contribution in [0.25, 0.3) is 44.5 Å². The number of carbonyl (C=O) groups is 2. The first kappa shape index (κ1) is 36.1. The van der Waals surface area contributed by atoms with E-state index in [0.29, 0.717) is 90.5 Å². The van der Waals surface area contributed by atoms with Gasteiger partial charge in [0, 0.05) is 36.3 Å². The molecular formula is C42H43F2N7O6. The topological polar surface area (TPSA) is 156 Å². The maximum Gasteiger partial charge on any atom is 0.407 e. The molecular weight excluding hydrogens is 737 g/mol. The van der Waals surface area contributed by atoms with Crippen LogP contribution >= 0.6 is 0 Å². The number of halogens is 2. The second kappa shape index (κ2) is 14.0. The van der Waals surface area contributed by atoms with Crippen LogP contribution < -0.4 is 10.6 Å². The normalized spacial score (nSPS) is 22.9. The van der Waals surface area contributed by atoms with Gasteiger partial charge in [0.25, 0.3) is 5.92 Å². The molecule has 1 aliphatic carbocycles. The van der Waals surface area contributed by atoms with Gasteiger partial charge in [0.2, 0.25) is 5.91 Å². The number of carbonyl (C=O) groups excluding carboxylic acids is 2. The molecule has 1 spiro atoms. The number of ether oxygens (including phenoxy) is 4. The minimum Gasteiger partial charge on any atom is -0.453 e. The van der Waals surface area contributed by atoms with Crippen LogP contribution in [-0.4, -0.2) is 95.3 Å². The fourth-order valence-electron chi connectivity index (χ4n) is 9.33. The van der Waals surface area contributed by atoms with E-state index in [1.54, 1.807) is 35.4 Å². The number of H-pyrrole nitrogens is 2. The SMILES string of the molecule is COC(=O)N[C@H](C(=O)N1CC2(C[C@H]1c1nc3ccc(-c4ccc5c(c4)C(F)(F)c4cc(-c6cnc([C@@H]7CCCN7)[nH]6)ccc4-5)cc3[nH]1)OCCO2)C1CCOCC1. The molecule has 4 fully saturated rings. The standard InChI is InChI=1S/C42H43F2N7O6/c1-54-40(53)50-36(23-10-13-55-14-11-23)39(52)51-22-41(56-15-16-57-41)20-35(51)38-47-31-9-6-25(19-33(31)48-38)24-4-7-27-28-8-5-26(18-30(28)42(43,44)29(27)17-24)34-21-46-37(49-34)32-3-2-12-45-32/h4-9,17-19,21,23,32,35-36,45H,2-3,10-16,20,22H2,1H3,(H,46,49)(H,47,48)(H,50,53)/t32-,35-,36-/m0/s1. The van der Waals surface area contributed by atoms with Crippen molar-refractivity contribution in [2.45, 2.75) is 61.9 Å². The molecule has 4 saturated heterocycles. The van der Waals surface area contributed by atoms with Gasteiger partial charge >= 0.3 is 6.09 Å². The largest absolute Gasteiger partial charge is 0.453 e. The van der Waals surface area contributed by atoms with E-state index in [2.05, 4.69) is 25.6 Å². The number of hydrogen-bond acceptors (Lipinski definition) is 9. The van der Waals surface area contributed by atoms with E-state index in [9.17, 15) is 9.59 Å². The lowest BCUT2D eigenvalue weighted by molar-refractivity contribution is -0.154. The highest BCUT2D eigenvalue weighted by Crippen LogP contribution is 2.53. The molecule has 2 aromatic heterocycles. The molecule has 0 unspecified atom stereocenters. The third-order valence-electron chi connectivity index (χ3n) is 12.3. The van der Waals surface area contributed by atoms with Crippen LogP contribution in [0.5, 0.6) is 0 Å². The number of hydrogen-bond donors (Lipinski definition) is 4. The van der Waals surface area contributed by atoms with E-state index in [1.807, 2.05) is 30.3 Å². The Morgan fingerprint density at radius 1 is 0.912 bits per heavy atom. The average molecular weight is 780 g/mol. The van der Waals surface area contributed by atoms with E-state index in [-0.39, 0.29) is 35.5 Å². The number of nitrogens with one attached hydrogen (secondary N) is 4. The van der Waals surface area contributed by atoms with Gasteiger partial charge in [-0.05, 0) is 84.7 Å². The summed E-state index contributed by atoms with van der Waals surface area (Å²) in [7, 11) is 1.27. The Morgan fingerprint density at radius 2 is 1.63 bits per heavy atom. The summed E-state index contributed by atoms with van der Waals surface area (Å²) < 4.78 is 55.3. The summed E-state index contributed by atoms with van der Waals surface area (Å²) in [5.74, 6) is -3.28. The fourth-order valence-corrected chi connectivity index (χ4v) is 9.33. The number of likely N-dealkylation sites (tertiary alicyclic amines) is 1. The molecule has 6 heterocycles. The Hall–Kier alpha value is -5.22. The second-order valence-corrected chi connectivity index (χ2v) is 15.6. The van der Waals surface area contributed by atoms with Crippen molar-refractivity contribution in [2.24, 2.45) is 5.92 Å². The molecule has 3 aromatic carbocycles.